The average molecular weight is 437 g/mol. The van der Waals surface area contributed by atoms with E-state index in [1.54, 1.807) is 6.20 Å². The first-order valence-electron chi connectivity index (χ1n) is 11.1. The van der Waals surface area contributed by atoms with Crippen LogP contribution in [-0.4, -0.2) is 51.8 Å². The highest BCUT2D eigenvalue weighted by Gasteiger charge is 2.55. The van der Waals surface area contributed by atoms with Crippen LogP contribution in [0.4, 0.5) is 10.6 Å². The largest absolute Gasteiger partial charge is 0.456 e. The van der Waals surface area contributed by atoms with Crippen molar-refractivity contribution in [3.05, 3.63) is 54.0 Å². The van der Waals surface area contributed by atoms with E-state index in [1.807, 2.05) is 54.0 Å². The second-order valence-electron chi connectivity index (χ2n) is 9.66. The zero-order chi connectivity index (χ0) is 22.3. The lowest BCUT2D eigenvalue weighted by Crippen LogP contribution is -2.59. The molecule has 1 atom stereocenters. The predicted octanol–water partition coefficient (Wildman–Crippen LogP) is 3.77. The van der Waals surface area contributed by atoms with E-state index in [-0.39, 0.29) is 30.0 Å². The van der Waals surface area contributed by atoms with Crippen molar-refractivity contribution < 1.29 is 19.1 Å². The first-order valence-corrected chi connectivity index (χ1v) is 11.1. The van der Waals surface area contributed by atoms with Gasteiger partial charge in [0, 0.05) is 18.9 Å². The van der Waals surface area contributed by atoms with E-state index < -0.39 is 11.5 Å². The average Bonchev–Trinajstić information content (AvgIpc) is 3.48. The van der Waals surface area contributed by atoms with E-state index in [0.29, 0.717) is 19.0 Å². The van der Waals surface area contributed by atoms with Crippen LogP contribution in [0.2, 0.25) is 0 Å². The molecule has 1 aromatic heterocycles. The number of nitrogens with zero attached hydrogens (tertiary/aromatic N) is 4. The lowest BCUT2D eigenvalue weighted by molar-refractivity contribution is 0.0465. The molecule has 3 fully saturated rings. The van der Waals surface area contributed by atoms with E-state index in [1.165, 1.54) is 19.0 Å². The summed E-state index contributed by atoms with van der Waals surface area (Å²) in [6.07, 6.45) is 6.70. The number of cyclic esters (lactones) is 1. The van der Waals surface area contributed by atoms with Crippen molar-refractivity contribution in [3.63, 3.8) is 0 Å². The van der Waals surface area contributed by atoms with Gasteiger partial charge in [0.15, 0.2) is 11.5 Å². The zero-order valence-corrected chi connectivity index (χ0v) is 18.5. The molecule has 0 bridgehead atoms. The topological polar surface area (TPSA) is 84.9 Å². The molecule has 1 unspecified atom stereocenters. The molecule has 0 N–H and O–H groups in total. The Bertz CT molecular complexity index is 1020. The van der Waals surface area contributed by atoms with Crippen molar-refractivity contribution in [3.8, 4) is 0 Å². The quantitative estimate of drug-likeness (QED) is 0.660. The minimum Gasteiger partial charge on any atom is -0.456 e. The Labute approximate surface area is 187 Å². The Balaban J connectivity index is 1.44. The molecule has 1 aromatic carbocycles. The highest BCUT2D eigenvalue weighted by molar-refractivity contribution is 5.92. The van der Waals surface area contributed by atoms with Crippen LogP contribution >= 0.6 is 0 Å². The first-order chi connectivity index (χ1) is 15.4. The summed E-state index contributed by atoms with van der Waals surface area (Å²) in [6, 6.07) is 9.53. The van der Waals surface area contributed by atoms with E-state index in [0.717, 1.165) is 18.4 Å². The normalized spacial score (nSPS) is 23.2. The molecule has 8 heteroatoms. The van der Waals surface area contributed by atoms with Crippen LogP contribution in [0, 0.1) is 5.41 Å². The van der Waals surface area contributed by atoms with Crippen LogP contribution in [0.15, 0.2) is 42.7 Å². The van der Waals surface area contributed by atoms with Crippen LogP contribution in [0.5, 0.6) is 0 Å². The summed E-state index contributed by atoms with van der Waals surface area (Å²) in [6.45, 7) is 5.22. The number of rotatable bonds is 5. The number of benzene rings is 1. The van der Waals surface area contributed by atoms with Crippen LogP contribution in [-0.2, 0) is 16.1 Å². The molecule has 2 aliphatic heterocycles. The monoisotopic (exact) mass is 436 g/mol. The number of aromatic nitrogens is 2. The molecule has 2 aromatic rings. The minimum absolute atomic E-state index is 0.160. The van der Waals surface area contributed by atoms with E-state index in [2.05, 4.69) is 9.97 Å². The summed E-state index contributed by atoms with van der Waals surface area (Å²) >= 11 is 0. The number of hydrogen-bond acceptors (Lipinski definition) is 7. The third-order valence-corrected chi connectivity index (χ3v) is 6.87. The summed E-state index contributed by atoms with van der Waals surface area (Å²) < 4.78 is 11.0. The molecular formula is C24H28N4O4. The SMILES string of the molecule is CC1(C)COC(=O)N1C1CC2(CCN1c1nccnc1C(=O)OCc1ccccc1)CC2. The van der Waals surface area contributed by atoms with Crippen molar-refractivity contribution in [2.45, 2.75) is 57.8 Å². The lowest BCUT2D eigenvalue weighted by atomic mass is 9.89. The molecule has 3 aliphatic rings. The van der Waals surface area contributed by atoms with Gasteiger partial charge in [0.2, 0.25) is 0 Å². The van der Waals surface area contributed by atoms with Gasteiger partial charge in [-0.15, -0.1) is 0 Å². The Morgan fingerprint density at radius 2 is 1.91 bits per heavy atom. The van der Waals surface area contributed by atoms with Crippen LogP contribution < -0.4 is 4.90 Å². The first kappa shape index (κ1) is 20.7. The minimum atomic E-state index is -0.523. The lowest BCUT2D eigenvalue weighted by Gasteiger charge is -2.47. The maximum Gasteiger partial charge on any atom is 0.412 e. The maximum atomic E-state index is 13.0. The Hall–Kier alpha value is -3.16. The summed E-state index contributed by atoms with van der Waals surface area (Å²) in [5.74, 6) is -0.0627. The smallest absolute Gasteiger partial charge is 0.412 e. The summed E-state index contributed by atoms with van der Waals surface area (Å²) in [4.78, 5) is 38.4. The van der Waals surface area contributed by atoms with Crippen LogP contribution in [0.1, 0.15) is 55.6 Å². The maximum absolute atomic E-state index is 13.0. The van der Waals surface area contributed by atoms with Gasteiger partial charge in [-0.2, -0.15) is 0 Å². The molecule has 5 rings (SSSR count). The molecule has 32 heavy (non-hydrogen) atoms. The standard InChI is InChI=1S/C24H28N4O4/c1-23(2)16-32-22(30)28(23)18-14-24(8-9-24)10-13-27(18)20-19(25-11-12-26-20)21(29)31-15-17-6-4-3-5-7-17/h3-7,11-12,18H,8-10,13-16H2,1-2H3. The molecule has 2 saturated heterocycles. The Morgan fingerprint density at radius 1 is 1.16 bits per heavy atom. The van der Waals surface area contributed by atoms with E-state index in [9.17, 15) is 9.59 Å². The van der Waals surface area contributed by atoms with Gasteiger partial charge in [0.05, 0.1) is 5.54 Å². The third-order valence-electron chi connectivity index (χ3n) is 6.87. The fourth-order valence-electron chi connectivity index (χ4n) is 4.84. The highest BCUT2D eigenvalue weighted by atomic mass is 16.6. The van der Waals surface area contributed by atoms with Crippen molar-refractivity contribution in [2.24, 2.45) is 5.41 Å². The number of ether oxygens (including phenoxy) is 2. The number of carbonyl (C=O) groups is 2. The third kappa shape index (κ3) is 3.78. The van der Waals surface area contributed by atoms with Crippen molar-refractivity contribution in [2.75, 3.05) is 18.1 Å². The molecule has 1 amide bonds. The zero-order valence-electron chi connectivity index (χ0n) is 18.5. The number of anilines is 1. The molecule has 1 spiro atoms. The predicted molar refractivity (Wildman–Crippen MR) is 117 cm³/mol. The number of esters is 1. The van der Waals surface area contributed by atoms with Crippen LogP contribution in [0.25, 0.3) is 0 Å². The summed E-state index contributed by atoms with van der Waals surface area (Å²) in [5, 5.41) is 0. The Morgan fingerprint density at radius 3 is 2.59 bits per heavy atom. The van der Waals surface area contributed by atoms with Gasteiger partial charge in [-0.3, -0.25) is 4.90 Å². The van der Waals surface area contributed by atoms with Gasteiger partial charge in [0.25, 0.3) is 0 Å². The molecule has 1 saturated carbocycles. The second-order valence-corrected chi connectivity index (χ2v) is 9.66. The molecule has 8 nitrogen and oxygen atoms in total. The fraction of sp³-hybridized carbons (Fsp3) is 0.500. The highest BCUT2D eigenvalue weighted by Crippen LogP contribution is 2.56. The number of amides is 1. The van der Waals surface area contributed by atoms with Gasteiger partial charge in [0.1, 0.15) is 19.4 Å². The molecule has 168 valence electrons. The van der Waals surface area contributed by atoms with Crippen LogP contribution in [0.3, 0.4) is 0 Å². The molecule has 0 radical (unpaired) electrons. The van der Waals surface area contributed by atoms with Gasteiger partial charge < -0.3 is 14.4 Å². The van der Waals surface area contributed by atoms with Crippen molar-refractivity contribution in [1.29, 1.82) is 0 Å². The van der Waals surface area contributed by atoms with Crippen molar-refractivity contribution >= 4 is 17.9 Å². The molecule has 1 aliphatic carbocycles. The summed E-state index contributed by atoms with van der Waals surface area (Å²) in [5.41, 5.74) is 0.907. The van der Waals surface area contributed by atoms with E-state index >= 15 is 0 Å². The number of hydrogen-bond donors (Lipinski definition) is 0. The number of carbonyl (C=O) groups excluding carboxylic acids is 2. The van der Waals surface area contributed by atoms with Gasteiger partial charge >= 0.3 is 12.1 Å². The number of piperidine rings is 1. The summed E-state index contributed by atoms with van der Waals surface area (Å²) in [7, 11) is 0. The second kappa shape index (κ2) is 7.76. The molecule has 3 heterocycles. The van der Waals surface area contributed by atoms with Gasteiger partial charge in [-0.05, 0) is 50.5 Å². The molecular weight excluding hydrogens is 408 g/mol. The Kier molecular flexibility index (Phi) is 5.03. The van der Waals surface area contributed by atoms with Gasteiger partial charge in [-0.1, -0.05) is 30.3 Å². The fourth-order valence-corrected chi connectivity index (χ4v) is 4.84. The van der Waals surface area contributed by atoms with Gasteiger partial charge in [-0.25, -0.2) is 19.6 Å². The van der Waals surface area contributed by atoms with Crippen molar-refractivity contribution in [1.82, 2.24) is 14.9 Å². The van der Waals surface area contributed by atoms with E-state index in [4.69, 9.17) is 9.47 Å².